The van der Waals surface area contributed by atoms with Gasteiger partial charge in [-0.3, -0.25) is 5.41 Å². The molecule has 0 spiro atoms. The van der Waals surface area contributed by atoms with Gasteiger partial charge in [-0.05, 0) is 18.1 Å². The van der Waals surface area contributed by atoms with Gasteiger partial charge in [0.25, 0.3) is 0 Å². The number of nitrogens with zero attached hydrogens (tertiary/aromatic N) is 1. The Morgan fingerprint density at radius 2 is 1.88 bits per heavy atom. The van der Waals surface area contributed by atoms with Gasteiger partial charge in [0.1, 0.15) is 5.84 Å². The van der Waals surface area contributed by atoms with E-state index in [4.69, 9.17) is 11.1 Å². The van der Waals surface area contributed by atoms with Gasteiger partial charge < -0.3 is 10.6 Å². The summed E-state index contributed by atoms with van der Waals surface area (Å²) in [6, 6.07) is 7.84. The molecule has 0 bridgehead atoms. The lowest BCUT2D eigenvalue weighted by atomic mass is 10.0. The van der Waals surface area contributed by atoms with Gasteiger partial charge in [-0.15, -0.1) is 0 Å². The zero-order valence-electron chi connectivity index (χ0n) is 11.0. The van der Waals surface area contributed by atoms with Gasteiger partial charge in [0, 0.05) is 24.8 Å². The molecular weight excluding hydrogens is 210 g/mol. The smallest absolute Gasteiger partial charge is 0.124 e. The summed E-state index contributed by atoms with van der Waals surface area (Å²) in [7, 11) is 2.07. The van der Waals surface area contributed by atoms with Crippen molar-refractivity contribution in [1.82, 2.24) is 0 Å². The van der Waals surface area contributed by atoms with Crippen molar-refractivity contribution in [3.63, 3.8) is 0 Å². The maximum Gasteiger partial charge on any atom is 0.124 e. The minimum absolute atomic E-state index is 0.136. The minimum atomic E-state index is 0.136. The molecule has 1 aromatic carbocycles. The Kier molecular flexibility index (Phi) is 5.01. The van der Waals surface area contributed by atoms with E-state index in [9.17, 15) is 0 Å². The second-order valence-electron chi connectivity index (χ2n) is 4.49. The molecular formula is C14H23N3. The van der Waals surface area contributed by atoms with E-state index in [0.717, 1.165) is 17.8 Å². The summed E-state index contributed by atoms with van der Waals surface area (Å²) < 4.78 is 0. The van der Waals surface area contributed by atoms with Gasteiger partial charge in [-0.2, -0.15) is 0 Å². The predicted molar refractivity (Wildman–Crippen MR) is 74.8 cm³/mol. The summed E-state index contributed by atoms with van der Waals surface area (Å²) in [6.07, 6.45) is 2.37. The summed E-state index contributed by atoms with van der Waals surface area (Å²) in [4.78, 5) is 2.20. The molecule has 0 aliphatic heterocycles. The van der Waals surface area contributed by atoms with E-state index in [1.165, 1.54) is 12.8 Å². The third-order valence-corrected chi connectivity index (χ3v) is 3.29. The molecule has 0 unspecified atom stereocenters. The van der Waals surface area contributed by atoms with Crippen molar-refractivity contribution in [2.75, 3.05) is 18.5 Å². The molecule has 1 aromatic rings. The number of hydrogen-bond acceptors (Lipinski definition) is 2. The van der Waals surface area contributed by atoms with E-state index in [1.807, 2.05) is 24.3 Å². The first kappa shape index (κ1) is 13.6. The molecule has 0 aliphatic rings. The Hall–Kier alpha value is -1.51. The summed E-state index contributed by atoms with van der Waals surface area (Å²) in [5, 5.41) is 7.59. The zero-order chi connectivity index (χ0) is 12.8. The Balaban J connectivity index is 2.88. The van der Waals surface area contributed by atoms with Gasteiger partial charge in [0.2, 0.25) is 0 Å². The highest BCUT2D eigenvalue weighted by molar-refractivity contribution is 6.00. The van der Waals surface area contributed by atoms with E-state index >= 15 is 0 Å². The average Bonchev–Trinajstić information content (AvgIpc) is 2.35. The van der Waals surface area contributed by atoms with Crippen LogP contribution >= 0.6 is 0 Å². The van der Waals surface area contributed by atoms with Gasteiger partial charge in [0.15, 0.2) is 0 Å². The van der Waals surface area contributed by atoms with Crippen molar-refractivity contribution in [1.29, 1.82) is 5.41 Å². The van der Waals surface area contributed by atoms with Crippen LogP contribution in [0, 0.1) is 11.3 Å². The summed E-state index contributed by atoms with van der Waals surface area (Å²) in [6.45, 7) is 5.45. The van der Waals surface area contributed by atoms with Gasteiger partial charge in [0.05, 0.1) is 0 Å². The molecule has 0 aromatic heterocycles. The number of amidine groups is 1. The fraction of sp³-hybridized carbons (Fsp3) is 0.500. The Morgan fingerprint density at radius 1 is 1.29 bits per heavy atom. The van der Waals surface area contributed by atoms with Crippen LogP contribution in [-0.2, 0) is 0 Å². The van der Waals surface area contributed by atoms with Crippen LogP contribution in [0.2, 0.25) is 0 Å². The molecule has 94 valence electrons. The molecule has 0 amide bonds. The summed E-state index contributed by atoms with van der Waals surface area (Å²) in [5.41, 5.74) is 7.47. The lowest BCUT2D eigenvalue weighted by molar-refractivity contribution is 0.494. The number of benzene rings is 1. The van der Waals surface area contributed by atoms with E-state index in [-0.39, 0.29) is 5.84 Å². The monoisotopic (exact) mass is 233 g/mol. The van der Waals surface area contributed by atoms with Crippen LogP contribution in [0.15, 0.2) is 24.3 Å². The zero-order valence-corrected chi connectivity index (χ0v) is 11.0. The molecule has 0 aliphatic carbocycles. The van der Waals surface area contributed by atoms with E-state index in [2.05, 4.69) is 25.8 Å². The van der Waals surface area contributed by atoms with Crippen molar-refractivity contribution < 1.29 is 0 Å². The lowest BCUT2D eigenvalue weighted by Gasteiger charge is -2.26. The summed E-state index contributed by atoms with van der Waals surface area (Å²) >= 11 is 0. The van der Waals surface area contributed by atoms with Crippen molar-refractivity contribution in [3.8, 4) is 0 Å². The SMILES string of the molecule is CCC(CC)CN(C)c1ccccc1C(=N)N. The standard InChI is InChI=1S/C14H23N3/c1-4-11(5-2)10-17(3)13-9-7-6-8-12(13)14(15)16/h6-9,11H,4-5,10H2,1-3H3,(H3,15,16). The molecule has 0 radical (unpaired) electrons. The molecule has 0 saturated carbocycles. The third-order valence-electron chi connectivity index (χ3n) is 3.29. The van der Waals surface area contributed by atoms with Crippen molar-refractivity contribution >= 4 is 11.5 Å². The van der Waals surface area contributed by atoms with Crippen LogP contribution in [0.25, 0.3) is 0 Å². The molecule has 3 heteroatoms. The maximum atomic E-state index is 7.59. The Bertz CT molecular complexity index is 369. The quantitative estimate of drug-likeness (QED) is 0.586. The van der Waals surface area contributed by atoms with Crippen LogP contribution < -0.4 is 10.6 Å². The number of nitrogen functional groups attached to an aromatic ring is 1. The normalized spacial score (nSPS) is 10.6. The minimum Gasteiger partial charge on any atom is -0.384 e. The van der Waals surface area contributed by atoms with Crippen molar-refractivity contribution in [2.24, 2.45) is 11.7 Å². The van der Waals surface area contributed by atoms with E-state index < -0.39 is 0 Å². The maximum absolute atomic E-state index is 7.59. The van der Waals surface area contributed by atoms with E-state index in [1.54, 1.807) is 0 Å². The van der Waals surface area contributed by atoms with E-state index in [0.29, 0.717) is 5.92 Å². The van der Waals surface area contributed by atoms with Crippen LogP contribution in [0.1, 0.15) is 32.3 Å². The highest BCUT2D eigenvalue weighted by Gasteiger charge is 2.12. The van der Waals surface area contributed by atoms with Gasteiger partial charge >= 0.3 is 0 Å². The van der Waals surface area contributed by atoms with Crippen LogP contribution in [0.3, 0.4) is 0 Å². The van der Waals surface area contributed by atoms with Crippen LogP contribution in [0.4, 0.5) is 5.69 Å². The average molecular weight is 233 g/mol. The first-order valence-electron chi connectivity index (χ1n) is 6.24. The molecule has 17 heavy (non-hydrogen) atoms. The number of hydrogen-bond donors (Lipinski definition) is 2. The highest BCUT2D eigenvalue weighted by Crippen LogP contribution is 2.21. The molecule has 3 nitrogen and oxygen atoms in total. The Morgan fingerprint density at radius 3 is 2.41 bits per heavy atom. The third kappa shape index (κ3) is 3.48. The number of rotatable bonds is 6. The highest BCUT2D eigenvalue weighted by atomic mass is 15.1. The Labute approximate surface area is 104 Å². The molecule has 0 saturated heterocycles. The number of para-hydroxylation sites is 1. The van der Waals surface area contributed by atoms with Gasteiger partial charge in [-0.1, -0.05) is 38.8 Å². The fourth-order valence-electron chi connectivity index (χ4n) is 2.07. The van der Waals surface area contributed by atoms with Crippen molar-refractivity contribution in [2.45, 2.75) is 26.7 Å². The first-order chi connectivity index (χ1) is 8.10. The first-order valence-corrected chi connectivity index (χ1v) is 6.24. The molecule has 0 fully saturated rings. The number of anilines is 1. The predicted octanol–water partition coefficient (Wildman–Crippen LogP) is 2.84. The van der Waals surface area contributed by atoms with Crippen LogP contribution in [0.5, 0.6) is 0 Å². The number of nitrogens with one attached hydrogen (secondary N) is 1. The largest absolute Gasteiger partial charge is 0.384 e. The van der Waals surface area contributed by atoms with Gasteiger partial charge in [-0.25, -0.2) is 0 Å². The lowest BCUT2D eigenvalue weighted by Crippen LogP contribution is -2.27. The topological polar surface area (TPSA) is 53.1 Å². The molecule has 1 rings (SSSR count). The molecule has 3 N–H and O–H groups in total. The number of nitrogens with two attached hydrogens (primary N) is 1. The fourth-order valence-corrected chi connectivity index (χ4v) is 2.07. The van der Waals surface area contributed by atoms with Crippen LogP contribution in [-0.4, -0.2) is 19.4 Å². The second-order valence-corrected chi connectivity index (χ2v) is 4.49. The second kappa shape index (κ2) is 6.28. The molecule has 0 heterocycles. The summed E-state index contributed by atoms with van der Waals surface area (Å²) in [5.74, 6) is 0.831. The van der Waals surface area contributed by atoms with Crippen molar-refractivity contribution in [3.05, 3.63) is 29.8 Å². The molecule has 0 atom stereocenters.